The van der Waals surface area contributed by atoms with Crippen LogP contribution in [0.3, 0.4) is 0 Å². The third-order valence-corrected chi connectivity index (χ3v) is 5.69. The van der Waals surface area contributed by atoms with E-state index in [0.29, 0.717) is 5.69 Å². The minimum Gasteiger partial charge on any atom is -0.477 e. The lowest BCUT2D eigenvalue weighted by Crippen LogP contribution is -2.13. The first kappa shape index (κ1) is 14.5. The SMILES string of the molecule is Cc1cccc(C)c1NS(=O)(=O)c1ccc(C(=O)O)s1. The molecule has 7 heteroatoms. The lowest BCUT2D eigenvalue weighted by Gasteiger charge is -2.11. The van der Waals surface area contributed by atoms with Crippen LogP contribution in [0.25, 0.3) is 0 Å². The van der Waals surface area contributed by atoms with Crippen molar-refractivity contribution >= 4 is 33.0 Å². The molecule has 2 N–H and O–H groups in total. The number of carbonyl (C=O) groups is 1. The second kappa shape index (κ2) is 5.26. The Labute approximate surface area is 120 Å². The normalized spacial score (nSPS) is 11.3. The molecule has 2 aromatic rings. The maximum absolute atomic E-state index is 12.2. The van der Waals surface area contributed by atoms with E-state index in [9.17, 15) is 13.2 Å². The van der Waals surface area contributed by atoms with E-state index in [1.54, 1.807) is 0 Å². The topological polar surface area (TPSA) is 83.5 Å². The first-order chi connectivity index (χ1) is 9.31. The third kappa shape index (κ3) is 2.83. The summed E-state index contributed by atoms with van der Waals surface area (Å²) in [5.74, 6) is -1.14. The van der Waals surface area contributed by atoms with Gasteiger partial charge in [0.2, 0.25) is 0 Å². The second-order valence-corrected chi connectivity index (χ2v) is 7.29. The van der Waals surface area contributed by atoms with Gasteiger partial charge in [-0.1, -0.05) is 18.2 Å². The Morgan fingerprint density at radius 1 is 1.15 bits per heavy atom. The van der Waals surface area contributed by atoms with Crippen LogP contribution in [0, 0.1) is 13.8 Å². The quantitative estimate of drug-likeness (QED) is 0.909. The van der Waals surface area contributed by atoms with Crippen molar-refractivity contribution in [2.24, 2.45) is 0 Å². The van der Waals surface area contributed by atoms with Crippen LogP contribution < -0.4 is 4.72 Å². The summed E-state index contributed by atoms with van der Waals surface area (Å²) in [6.07, 6.45) is 0. The number of thiophene rings is 1. The van der Waals surface area contributed by atoms with E-state index < -0.39 is 16.0 Å². The number of aromatic carboxylic acids is 1. The van der Waals surface area contributed by atoms with Crippen LogP contribution in [0.15, 0.2) is 34.5 Å². The fraction of sp³-hybridized carbons (Fsp3) is 0.154. The molecule has 1 aromatic carbocycles. The predicted molar refractivity (Wildman–Crippen MR) is 78.0 cm³/mol. The molecule has 0 atom stereocenters. The molecule has 20 heavy (non-hydrogen) atoms. The zero-order valence-corrected chi connectivity index (χ0v) is 12.5. The summed E-state index contributed by atoms with van der Waals surface area (Å²) in [6.45, 7) is 3.61. The van der Waals surface area contributed by atoms with Crippen molar-refractivity contribution < 1.29 is 18.3 Å². The van der Waals surface area contributed by atoms with Crippen LogP contribution in [0.1, 0.15) is 20.8 Å². The molecule has 0 aliphatic carbocycles. The van der Waals surface area contributed by atoms with Crippen LogP contribution in [0.5, 0.6) is 0 Å². The number of hydrogen-bond acceptors (Lipinski definition) is 4. The van der Waals surface area contributed by atoms with E-state index in [0.717, 1.165) is 22.5 Å². The molecule has 0 aliphatic rings. The summed E-state index contributed by atoms with van der Waals surface area (Å²) < 4.78 is 27.0. The number of para-hydroxylation sites is 1. The Bertz CT molecular complexity index is 742. The highest BCUT2D eigenvalue weighted by Crippen LogP contribution is 2.27. The Morgan fingerprint density at radius 2 is 1.75 bits per heavy atom. The molecule has 0 radical (unpaired) electrons. The number of nitrogens with one attached hydrogen (secondary N) is 1. The van der Waals surface area contributed by atoms with Gasteiger partial charge >= 0.3 is 5.97 Å². The Morgan fingerprint density at radius 3 is 2.25 bits per heavy atom. The van der Waals surface area contributed by atoms with Gasteiger partial charge in [-0.2, -0.15) is 0 Å². The fourth-order valence-electron chi connectivity index (χ4n) is 1.74. The number of benzene rings is 1. The predicted octanol–water partition coefficient (Wildman–Crippen LogP) is 2.86. The number of carboxylic acids is 1. The van der Waals surface area contributed by atoms with Crippen molar-refractivity contribution in [2.45, 2.75) is 18.1 Å². The van der Waals surface area contributed by atoms with Crippen molar-refractivity contribution in [1.82, 2.24) is 0 Å². The highest BCUT2D eigenvalue weighted by atomic mass is 32.2. The number of rotatable bonds is 4. The molecule has 0 saturated carbocycles. The van der Waals surface area contributed by atoms with Gasteiger partial charge in [-0.25, -0.2) is 13.2 Å². The van der Waals surface area contributed by atoms with E-state index in [-0.39, 0.29) is 9.09 Å². The van der Waals surface area contributed by atoms with Gasteiger partial charge < -0.3 is 5.11 Å². The fourth-order valence-corrected chi connectivity index (χ4v) is 4.09. The zero-order chi connectivity index (χ0) is 14.9. The van der Waals surface area contributed by atoms with E-state index in [2.05, 4.69) is 4.72 Å². The summed E-state index contributed by atoms with van der Waals surface area (Å²) in [7, 11) is -3.77. The van der Waals surface area contributed by atoms with Gasteiger partial charge in [-0.3, -0.25) is 4.72 Å². The zero-order valence-electron chi connectivity index (χ0n) is 10.9. The van der Waals surface area contributed by atoms with E-state index in [4.69, 9.17) is 5.11 Å². The molecule has 0 unspecified atom stereocenters. The number of carboxylic acid groups (broad SMARTS) is 1. The molecular weight excluding hydrogens is 298 g/mol. The molecule has 0 saturated heterocycles. The van der Waals surface area contributed by atoms with E-state index in [1.807, 2.05) is 32.0 Å². The van der Waals surface area contributed by atoms with Crippen LogP contribution in [-0.4, -0.2) is 19.5 Å². The molecule has 0 aliphatic heterocycles. The van der Waals surface area contributed by atoms with Crippen LogP contribution in [-0.2, 0) is 10.0 Å². The molecule has 1 aromatic heterocycles. The van der Waals surface area contributed by atoms with Gasteiger partial charge in [0.1, 0.15) is 9.09 Å². The van der Waals surface area contributed by atoms with Gasteiger partial charge in [0.25, 0.3) is 10.0 Å². The van der Waals surface area contributed by atoms with Crippen molar-refractivity contribution in [3.05, 3.63) is 46.3 Å². The maximum atomic E-state index is 12.2. The van der Waals surface area contributed by atoms with E-state index in [1.165, 1.54) is 12.1 Å². The molecule has 1 heterocycles. The van der Waals surface area contributed by atoms with Crippen LogP contribution in [0.2, 0.25) is 0 Å². The Balaban J connectivity index is 2.38. The molecule has 5 nitrogen and oxygen atoms in total. The number of anilines is 1. The average molecular weight is 311 g/mol. The third-order valence-electron chi connectivity index (χ3n) is 2.77. The summed E-state index contributed by atoms with van der Waals surface area (Å²) >= 11 is 0.729. The van der Waals surface area contributed by atoms with Crippen LogP contribution >= 0.6 is 11.3 Å². The largest absolute Gasteiger partial charge is 0.477 e. The minimum absolute atomic E-state index is 0.00752. The van der Waals surface area contributed by atoms with Gasteiger partial charge in [0, 0.05) is 0 Å². The molecular formula is C13H13NO4S2. The van der Waals surface area contributed by atoms with Crippen molar-refractivity contribution in [3.63, 3.8) is 0 Å². The van der Waals surface area contributed by atoms with Crippen molar-refractivity contribution in [3.8, 4) is 0 Å². The van der Waals surface area contributed by atoms with Crippen molar-refractivity contribution in [1.29, 1.82) is 0 Å². The molecule has 0 spiro atoms. The molecule has 0 bridgehead atoms. The monoisotopic (exact) mass is 311 g/mol. The van der Waals surface area contributed by atoms with Crippen LogP contribution in [0.4, 0.5) is 5.69 Å². The Hall–Kier alpha value is -1.86. The first-order valence-electron chi connectivity index (χ1n) is 5.73. The summed E-state index contributed by atoms with van der Waals surface area (Å²) in [5, 5.41) is 8.84. The average Bonchev–Trinajstić information content (AvgIpc) is 2.84. The summed E-state index contributed by atoms with van der Waals surface area (Å²) in [5.41, 5.74) is 2.14. The summed E-state index contributed by atoms with van der Waals surface area (Å²) in [6, 6.07) is 8.04. The number of sulfonamides is 1. The summed E-state index contributed by atoms with van der Waals surface area (Å²) in [4.78, 5) is 10.8. The molecule has 106 valence electrons. The smallest absolute Gasteiger partial charge is 0.345 e. The number of hydrogen-bond donors (Lipinski definition) is 2. The minimum atomic E-state index is -3.77. The van der Waals surface area contributed by atoms with Crippen molar-refractivity contribution in [2.75, 3.05) is 4.72 Å². The lowest BCUT2D eigenvalue weighted by molar-refractivity contribution is 0.0702. The molecule has 0 amide bonds. The molecule has 0 fully saturated rings. The number of aryl methyl sites for hydroxylation is 2. The standard InChI is InChI=1S/C13H13NO4S2/c1-8-4-3-5-9(2)12(8)14-20(17,18)11-7-6-10(19-11)13(15)16/h3-7,14H,1-2H3,(H,15,16). The highest BCUT2D eigenvalue weighted by Gasteiger charge is 2.20. The molecule has 2 rings (SSSR count). The van der Waals surface area contributed by atoms with Gasteiger partial charge in [-0.15, -0.1) is 11.3 Å². The maximum Gasteiger partial charge on any atom is 0.345 e. The van der Waals surface area contributed by atoms with Gasteiger partial charge in [0.05, 0.1) is 5.69 Å². The lowest BCUT2D eigenvalue weighted by atomic mass is 10.1. The van der Waals surface area contributed by atoms with E-state index >= 15 is 0 Å². The second-order valence-electron chi connectivity index (χ2n) is 4.30. The Kier molecular flexibility index (Phi) is 3.82. The highest BCUT2D eigenvalue weighted by molar-refractivity contribution is 7.94. The van der Waals surface area contributed by atoms with Gasteiger partial charge in [0.15, 0.2) is 0 Å². The first-order valence-corrected chi connectivity index (χ1v) is 8.03. The van der Waals surface area contributed by atoms with Gasteiger partial charge in [-0.05, 0) is 37.1 Å².